The third-order valence-corrected chi connectivity index (χ3v) is 0.960. The van der Waals surface area contributed by atoms with Gasteiger partial charge in [0.2, 0.25) is 0 Å². The van der Waals surface area contributed by atoms with E-state index in [0.29, 0.717) is 0 Å². The van der Waals surface area contributed by atoms with Crippen LogP contribution < -0.4 is 5.43 Å². The smallest absolute Gasteiger partial charge is 0.0188 e. The molecule has 0 aromatic heterocycles. The van der Waals surface area contributed by atoms with Gasteiger partial charge in [-0.1, -0.05) is 12.5 Å². The van der Waals surface area contributed by atoms with E-state index in [4.69, 9.17) is 0 Å². The van der Waals surface area contributed by atoms with Crippen LogP contribution in [0.3, 0.4) is 0 Å². The average Bonchev–Trinajstić information content (AvgIpc) is 1.83. The van der Waals surface area contributed by atoms with Crippen LogP contribution in [0.15, 0.2) is 16.9 Å². The van der Waals surface area contributed by atoms with Gasteiger partial charge in [-0.3, -0.25) is 5.43 Å². The van der Waals surface area contributed by atoms with E-state index < -0.39 is 0 Å². The van der Waals surface area contributed by atoms with Gasteiger partial charge in [-0.2, -0.15) is 5.10 Å². The minimum absolute atomic E-state index is 1.06. The second-order valence-corrected chi connectivity index (χ2v) is 1.63. The van der Waals surface area contributed by atoms with Gasteiger partial charge in [0, 0.05) is 12.9 Å². The van der Waals surface area contributed by atoms with Crippen LogP contribution in [0.5, 0.6) is 0 Å². The monoisotopic (exact) mass is 112 g/mol. The summed E-state index contributed by atoms with van der Waals surface area (Å²) in [6, 6.07) is 0. The molecule has 0 saturated carbocycles. The standard InChI is InChI=1S/C6H12N2/c1-4-6(2)5-8-7-3/h5,8H,3-4H2,1-2H3/b6-5-. The van der Waals surface area contributed by atoms with Crippen molar-refractivity contribution in [3.63, 3.8) is 0 Å². The summed E-state index contributed by atoms with van der Waals surface area (Å²) in [4.78, 5) is 0. The Morgan fingerprint density at radius 2 is 2.50 bits per heavy atom. The molecule has 0 unspecified atom stereocenters. The highest BCUT2D eigenvalue weighted by Gasteiger charge is 1.77. The molecule has 0 aliphatic carbocycles. The van der Waals surface area contributed by atoms with E-state index in [9.17, 15) is 0 Å². The number of nitrogens with zero attached hydrogens (tertiary/aromatic N) is 1. The summed E-state index contributed by atoms with van der Waals surface area (Å²) < 4.78 is 0. The molecular weight excluding hydrogens is 100 g/mol. The zero-order chi connectivity index (χ0) is 6.41. The molecule has 2 nitrogen and oxygen atoms in total. The highest BCUT2D eigenvalue weighted by molar-refractivity contribution is 5.22. The Balaban J connectivity index is 3.40. The molecule has 0 saturated heterocycles. The molecule has 1 N–H and O–H groups in total. The molecule has 0 aliphatic rings. The molecule has 0 aromatic rings. The lowest BCUT2D eigenvalue weighted by Gasteiger charge is -1.91. The zero-order valence-electron chi connectivity index (χ0n) is 5.44. The Hall–Kier alpha value is -0.790. The number of hydrazone groups is 1. The van der Waals surface area contributed by atoms with Crippen LogP contribution in [-0.4, -0.2) is 6.72 Å². The summed E-state index contributed by atoms with van der Waals surface area (Å²) in [6.07, 6.45) is 2.90. The lowest BCUT2D eigenvalue weighted by molar-refractivity contribution is 0.939. The Kier molecular flexibility index (Phi) is 3.94. The van der Waals surface area contributed by atoms with Crippen LogP contribution in [0.1, 0.15) is 20.3 Å². The zero-order valence-corrected chi connectivity index (χ0v) is 5.44. The number of allylic oxidation sites excluding steroid dienone is 1. The van der Waals surface area contributed by atoms with E-state index in [0.717, 1.165) is 6.42 Å². The van der Waals surface area contributed by atoms with Crippen LogP contribution in [0.25, 0.3) is 0 Å². The third kappa shape index (κ3) is 3.40. The number of hydrogen-bond donors (Lipinski definition) is 1. The second-order valence-electron chi connectivity index (χ2n) is 1.63. The fourth-order valence-electron chi connectivity index (χ4n) is 0.258. The van der Waals surface area contributed by atoms with Gasteiger partial charge in [0.15, 0.2) is 0 Å². The molecule has 0 aliphatic heterocycles. The first-order valence-electron chi connectivity index (χ1n) is 2.68. The largest absolute Gasteiger partial charge is 0.286 e. The molecule has 8 heavy (non-hydrogen) atoms. The van der Waals surface area contributed by atoms with Gasteiger partial charge >= 0.3 is 0 Å². The van der Waals surface area contributed by atoms with Gasteiger partial charge in [-0.15, -0.1) is 0 Å². The highest BCUT2D eigenvalue weighted by atomic mass is 15.3. The maximum Gasteiger partial charge on any atom is 0.0188 e. The fraction of sp³-hybridized carbons (Fsp3) is 0.500. The minimum atomic E-state index is 1.06. The molecule has 0 bridgehead atoms. The molecule has 0 rings (SSSR count). The van der Waals surface area contributed by atoms with Gasteiger partial charge in [-0.05, 0) is 13.3 Å². The predicted molar refractivity (Wildman–Crippen MR) is 36.7 cm³/mol. The Morgan fingerprint density at radius 1 is 1.88 bits per heavy atom. The van der Waals surface area contributed by atoms with Crippen molar-refractivity contribution in [1.82, 2.24) is 5.43 Å². The lowest BCUT2D eigenvalue weighted by Crippen LogP contribution is -1.91. The van der Waals surface area contributed by atoms with Crippen LogP contribution in [0.2, 0.25) is 0 Å². The highest BCUT2D eigenvalue weighted by Crippen LogP contribution is 1.93. The van der Waals surface area contributed by atoms with Crippen molar-refractivity contribution in [2.75, 3.05) is 0 Å². The first-order chi connectivity index (χ1) is 3.81. The average molecular weight is 112 g/mol. The van der Waals surface area contributed by atoms with Gasteiger partial charge in [0.1, 0.15) is 0 Å². The van der Waals surface area contributed by atoms with Crippen LogP contribution in [0, 0.1) is 0 Å². The van der Waals surface area contributed by atoms with E-state index in [-0.39, 0.29) is 0 Å². The molecule has 0 aromatic carbocycles. The fourth-order valence-corrected chi connectivity index (χ4v) is 0.258. The first kappa shape index (κ1) is 7.21. The lowest BCUT2D eigenvalue weighted by atomic mass is 10.3. The quantitative estimate of drug-likeness (QED) is 0.434. The molecule has 0 amide bonds. The Bertz CT molecular complexity index is 94.7. The number of rotatable bonds is 3. The first-order valence-corrected chi connectivity index (χ1v) is 2.68. The topological polar surface area (TPSA) is 24.4 Å². The summed E-state index contributed by atoms with van der Waals surface area (Å²) in [5, 5.41) is 3.45. The summed E-state index contributed by atoms with van der Waals surface area (Å²) in [7, 11) is 0. The predicted octanol–water partition coefficient (Wildman–Crippen LogP) is 1.51. The SMILES string of the molecule is C=NN/C=C(/C)CC. The molecule has 0 spiro atoms. The maximum atomic E-state index is 3.45. The van der Waals surface area contributed by atoms with Gasteiger partial charge in [-0.25, -0.2) is 0 Å². The summed E-state index contributed by atoms with van der Waals surface area (Å²) in [5.74, 6) is 0. The molecule has 46 valence electrons. The van der Waals surface area contributed by atoms with Crippen molar-refractivity contribution in [2.45, 2.75) is 20.3 Å². The van der Waals surface area contributed by atoms with Crippen molar-refractivity contribution < 1.29 is 0 Å². The van der Waals surface area contributed by atoms with Crippen LogP contribution in [-0.2, 0) is 0 Å². The van der Waals surface area contributed by atoms with Crippen LogP contribution >= 0.6 is 0 Å². The van der Waals surface area contributed by atoms with Crippen molar-refractivity contribution in [1.29, 1.82) is 0 Å². The normalized spacial score (nSPS) is 11.0. The Labute approximate surface area is 50.3 Å². The molecule has 0 heterocycles. The minimum Gasteiger partial charge on any atom is -0.286 e. The summed E-state index contributed by atoms with van der Waals surface area (Å²) in [6.45, 7) is 7.39. The van der Waals surface area contributed by atoms with E-state index in [1.807, 2.05) is 13.1 Å². The van der Waals surface area contributed by atoms with Crippen molar-refractivity contribution >= 4 is 6.72 Å². The van der Waals surface area contributed by atoms with Crippen molar-refractivity contribution in [3.8, 4) is 0 Å². The van der Waals surface area contributed by atoms with Gasteiger partial charge in [0.05, 0.1) is 0 Å². The second kappa shape index (κ2) is 4.37. The summed E-state index contributed by atoms with van der Waals surface area (Å²) in [5.41, 5.74) is 3.93. The number of hydrogen-bond acceptors (Lipinski definition) is 2. The van der Waals surface area contributed by atoms with E-state index >= 15 is 0 Å². The molecular formula is C6H12N2. The number of nitrogens with one attached hydrogen (secondary N) is 1. The van der Waals surface area contributed by atoms with Crippen molar-refractivity contribution in [3.05, 3.63) is 11.8 Å². The van der Waals surface area contributed by atoms with E-state index in [1.54, 1.807) is 0 Å². The molecule has 0 fully saturated rings. The third-order valence-electron chi connectivity index (χ3n) is 0.960. The van der Waals surface area contributed by atoms with Gasteiger partial charge < -0.3 is 0 Å². The summed E-state index contributed by atoms with van der Waals surface area (Å²) >= 11 is 0. The molecule has 2 heteroatoms. The van der Waals surface area contributed by atoms with Crippen LogP contribution in [0.4, 0.5) is 0 Å². The molecule has 0 radical (unpaired) electrons. The maximum absolute atomic E-state index is 3.45. The van der Waals surface area contributed by atoms with Crippen molar-refractivity contribution in [2.24, 2.45) is 5.10 Å². The van der Waals surface area contributed by atoms with E-state index in [1.165, 1.54) is 5.57 Å². The Morgan fingerprint density at radius 3 is 2.88 bits per heavy atom. The van der Waals surface area contributed by atoms with E-state index in [2.05, 4.69) is 24.2 Å². The van der Waals surface area contributed by atoms with Gasteiger partial charge in [0.25, 0.3) is 0 Å². The molecule has 0 atom stereocenters.